The summed E-state index contributed by atoms with van der Waals surface area (Å²) >= 11 is 5.42. The fraction of sp³-hybridized carbons (Fsp3) is 0.500. The average molecular weight is 220 g/mol. The number of aryl methyl sites for hydroxylation is 1. The van der Waals surface area contributed by atoms with E-state index < -0.39 is 0 Å². The summed E-state index contributed by atoms with van der Waals surface area (Å²) in [5.74, 6) is 0. The first-order chi connectivity index (χ1) is 7.25. The van der Waals surface area contributed by atoms with Crippen molar-refractivity contribution in [2.24, 2.45) is 0 Å². The van der Waals surface area contributed by atoms with Gasteiger partial charge in [-0.25, -0.2) is 0 Å². The molecule has 0 saturated carbocycles. The minimum atomic E-state index is 0.816. The van der Waals surface area contributed by atoms with Crippen LogP contribution < -0.4 is 0 Å². The van der Waals surface area contributed by atoms with Crippen molar-refractivity contribution in [3.05, 3.63) is 29.6 Å². The number of rotatable bonds is 2. The molecule has 1 aromatic heterocycles. The van der Waals surface area contributed by atoms with Crippen LogP contribution in [0.2, 0.25) is 0 Å². The Morgan fingerprint density at radius 2 is 2.13 bits per heavy atom. The normalized spacial score (nSPS) is 15.7. The maximum absolute atomic E-state index is 5.42. The van der Waals surface area contributed by atoms with Crippen molar-refractivity contribution in [1.29, 1.82) is 0 Å². The van der Waals surface area contributed by atoms with Crippen LogP contribution >= 0.6 is 12.2 Å². The number of hydrogen-bond donors (Lipinski definition) is 0. The minimum absolute atomic E-state index is 0.816. The topological polar surface area (TPSA) is 16.1 Å². The van der Waals surface area contributed by atoms with E-state index in [4.69, 9.17) is 12.2 Å². The van der Waals surface area contributed by atoms with Crippen molar-refractivity contribution in [2.75, 3.05) is 13.1 Å². The fourth-order valence-corrected chi connectivity index (χ4v) is 2.26. The zero-order valence-corrected chi connectivity index (χ0v) is 9.89. The third-order valence-corrected chi connectivity index (χ3v) is 3.14. The summed E-state index contributed by atoms with van der Waals surface area (Å²) in [6, 6.07) is 6.11. The largest absolute Gasteiger partial charge is 0.366 e. The number of aromatic nitrogens is 1. The van der Waals surface area contributed by atoms with Crippen molar-refractivity contribution in [3.63, 3.8) is 0 Å². The van der Waals surface area contributed by atoms with Crippen LogP contribution in [0.25, 0.3) is 0 Å². The van der Waals surface area contributed by atoms with Crippen LogP contribution in [-0.4, -0.2) is 28.0 Å². The van der Waals surface area contributed by atoms with Crippen molar-refractivity contribution >= 4 is 17.2 Å². The predicted octanol–water partition coefficient (Wildman–Crippen LogP) is 2.36. The van der Waals surface area contributed by atoms with Gasteiger partial charge >= 0.3 is 0 Å². The number of hydrogen-bond acceptors (Lipinski definition) is 2. The van der Waals surface area contributed by atoms with E-state index >= 15 is 0 Å². The summed E-state index contributed by atoms with van der Waals surface area (Å²) in [6.45, 7) is 4.28. The van der Waals surface area contributed by atoms with Crippen LogP contribution in [0.15, 0.2) is 18.2 Å². The Morgan fingerprint density at radius 1 is 1.40 bits per heavy atom. The first-order valence-corrected chi connectivity index (χ1v) is 5.87. The molecular formula is C12H16N2S. The zero-order chi connectivity index (χ0) is 10.7. The Bertz CT molecular complexity index is 356. The predicted molar refractivity (Wildman–Crippen MR) is 66.1 cm³/mol. The first kappa shape index (κ1) is 10.6. The van der Waals surface area contributed by atoms with Gasteiger partial charge in [0.1, 0.15) is 0 Å². The van der Waals surface area contributed by atoms with Crippen molar-refractivity contribution in [1.82, 2.24) is 9.88 Å². The fourth-order valence-electron chi connectivity index (χ4n) is 1.93. The minimum Gasteiger partial charge on any atom is -0.366 e. The molecule has 1 fully saturated rings. The van der Waals surface area contributed by atoms with Gasteiger partial charge in [-0.1, -0.05) is 18.3 Å². The standard InChI is InChI=1S/C12H16N2S/c1-10-5-4-6-11(13-10)9-12(15)14-7-2-3-8-14/h4-6H,2-3,7-9H2,1H3. The molecule has 80 valence electrons. The van der Waals surface area contributed by atoms with E-state index in [0.29, 0.717) is 0 Å². The van der Waals surface area contributed by atoms with Gasteiger partial charge in [-0.15, -0.1) is 0 Å². The third kappa shape index (κ3) is 2.75. The number of likely N-dealkylation sites (tertiary alicyclic amines) is 1. The second kappa shape index (κ2) is 4.71. The molecule has 0 bridgehead atoms. The van der Waals surface area contributed by atoms with E-state index in [0.717, 1.165) is 35.9 Å². The van der Waals surface area contributed by atoms with Gasteiger partial charge in [-0.05, 0) is 31.9 Å². The zero-order valence-electron chi connectivity index (χ0n) is 9.07. The van der Waals surface area contributed by atoms with Gasteiger partial charge in [-0.2, -0.15) is 0 Å². The Morgan fingerprint density at radius 3 is 2.80 bits per heavy atom. The molecule has 1 saturated heterocycles. The Hall–Kier alpha value is -0.960. The van der Waals surface area contributed by atoms with Crippen LogP contribution in [0.1, 0.15) is 24.2 Å². The maximum atomic E-state index is 5.42. The smallest absolute Gasteiger partial charge is 0.0839 e. The van der Waals surface area contributed by atoms with Crippen molar-refractivity contribution in [2.45, 2.75) is 26.2 Å². The molecule has 2 heterocycles. The molecule has 0 amide bonds. The van der Waals surface area contributed by atoms with E-state index in [9.17, 15) is 0 Å². The van der Waals surface area contributed by atoms with E-state index in [2.05, 4.69) is 16.0 Å². The lowest BCUT2D eigenvalue weighted by molar-refractivity contribution is 0.520. The second-order valence-electron chi connectivity index (χ2n) is 4.03. The number of nitrogens with zero attached hydrogens (tertiary/aromatic N) is 2. The molecule has 1 aliphatic heterocycles. The molecule has 0 aliphatic carbocycles. The van der Waals surface area contributed by atoms with Gasteiger partial charge in [0, 0.05) is 30.9 Å². The van der Waals surface area contributed by atoms with E-state index in [1.165, 1.54) is 12.8 Å². The monoisotopic (exact) mass is 220 g/mol. The van der Waals surface area contributed by atoms with E-state index in [-0.39, 0.29) is 0 Å². The molecule has 1 aliphatic rings. The van der Waals surface area contributed by atoms with Gasteiger partial charge < -0.3 is 4.90 Å². The quantitative estimate of drug-likeness (QED) is 0.712. The summed E-state index contributed by atoms with van der Waals surface area (Å²) in [5.41, 5.74) is 2.16. The summed E-state index contributed by atoms with van der Waals surface area (Å²) in [5, 5.41) is 0. The first-order valence-electron chi connectivity index (χ1n) is 5.46. The van der Waals surface area contributed by atoms with E-state index in [1.807, 2.05) is 19.1 Å². The maximum Gasteiger partial charge on any atom is 0.0839 e. The molecule has 0 atom stereocenters. The third-order valence-electron chi connectivity index (χ3n) is 2.74. The molecule has 0 spiro atoms. The molecule has 0 aromatic carbocycles. The van der Waals surface area contributed by atoms with Gasteiger partial charge in [-0.3, -0.25) is 4.98 Å². The van der Waals surface area contributed by atoms with Crippen LogP contribution in [-0.2, 0) is 6.42 Å². The Labute approximate surface area is 96.3 Å². The Balaban J connectivity index is 1.99. The van der Waals surface area contributed by atoms with Crippen molar-refractivity contribution in [3.8, 4) is 0 Å². The van der Waals surface area contributed by atoms with Gasteiger partial charge in [0.2, 0.25) is 0 Å². The van der Waals surface area contributed by atoms with Crippen LogP contribution in [0.3, 0.4) is 0 Å². The summed E-state index contributed by atoms with van der Waals surface area (Å²) in [4.78, 5) is 7.82. The molecular weight excluding hydrogens is 204 g/mol. The van der Waals surface area contributed by atoms with Crippen LogP contribution in [0.5, 0.6) is 0 Å². The second-order valence-corrected chi connectivity index (χ2v) is 4.51. The molecule has 1 aromatic rings. The Kier molecular flexibility index (Phi) is 3.31. The molecule has 3 heteroatoms. The van der Waals surface area contributed by atoms with Gasteiger partial charge in [0.25, 0.3) is 0 Å². The summed E-state index contributed by atoms with van der Waals surface area (Å²) in [6.07, 6.45) is 3.37. The molecule has 2 nitrogen and oxygen atoms in total. The highest BCUT2D eigenvalue weighted by molar-refractivity contribution is 7.80. The highest BCUT2D eigenvalue weighted by atomic mass is 32.1. The highest BCUT2D eigenvalue weighted by Gasteiger charge is 2.15. The highest BCUT2D eigenvalue weighted by Crippen LogP contribution is 2.11. The number of thiocarbonyl (C=S) groups is 1. The molecule has 0 radical (unpaired) electrons. The molecule has 0 N–H and O–H groups in total. The van der Waals surface area contributed by atoms with E-state index in [1.54, 1.807) is 0 Å². The summed E-state index contributed by atoms with van der Waals surface area (Å²) < 4.78 is 0. The lowest BCUT2D eigenvalue weighted by atomic mass is 10.2. The lowest BCUT2D eigenvalue weighted by Gasteiger charge is -2.18. The van der Waals surface area contributed by atoms with Crippen molar-refractivity contribution < 1.29 is 0 Å². The molecule has 2 rings (SSSR count). The molecule has 15 heavy (non-hydrogen) atoms. The SMILES string of the molecule is Cc1cccc(CC(=S)N2CCCC2)n1. The average Bonchev–Trinajstić information content (AvgIpc) is 2.70. The summed E-state index contributed by atoms with van der Waals surface area (Å²) in [7, 11) is 0. The molecule has 0 unspecified atom stereocenters. The lowest BCUT2D eigenvalue weighted by Crippen LogP contribution is -2.27. The van der Waals surface area contributed by atoms with Gasteiger partial charge in [0.05, 0.1) is 4.99 Å². The van der Waals surface area contributed by atoms with Crippen LogP contribution in [0, 0.1) is 6.92 Å². The van der Waals surface area contributed by atoms with Crippen LogP contribution in [0.4, 0.5) is 0 Å². The number of pyridine rings is 1. The van der Waals surface area contributed by atoms with Gasteiger partial charge in [0.15, 0.2) is 0 Å².